The second kappa shape index (κ2) is 8.52. The molecule has 1 aliphatic carbocycles. The van der Waals surface area contributed by atoms with E-state index in [2.05, 4.69) is 29.1 Å². The predicted octanol–water partition coefficient (Wildman–Crippen LogP) is 2.85. The first-order valence-corrected chi connectivity index (χ1v) is 10.0. The highest BCUT2D eigenvalue weighted by Gasteiger charge is 2.33. The molecule has 3 atom stereocenters. The van der Waals surface area contributed by atoms with E-state index in [0.717, 1.165) is 38.6 Å². The van der Waals surface area contributed by atoms with Crippen LogP contribution < -0.4 is 5.32 Å². The van der Waals surface area contributed by atoms with E-state index in [9.17, 15) is 4.79 Å². The van der Waals surface area contributed by atoms with Gasteiger partial charge in [0, 0.05) is 25.7 Å². The Morgan fingerprint density at radius 1 is 1.17 bits per heavy atom. The Morgan fingerprint density at radius 3 is 2.71 bits per heavy atom. The first-order chi connectivity index (χ1) is 11.6. The van der Waals surface area contributed by atoms with E-state index in [1.807, 2.05) is 0 Å². The molecule has 2 heterocycles. The van der Waals surface area contributed by atoms with Crippen LogP contribution in [0.4, 0.5) is 4.79 Å². The lowest BCUT2D eigenvalue weighted by Gasteiger charge is -2.35. The quantitative estimate of drug-likeness (QED) is 0.858. The van der Waals surface area contributed by atoms with Gasteiger partial charge in [0.2, 0.25) is 0 Å². The van der Waals surface area contributed by atoms with Crippen molar-refractivity contribution in [3.63, 3.8) is 0 Å². The Labute approximate surface area is 147 Å². The summed E-state index contributed by atoms with van der Waals surface area (Å²) in [5, 5.41) is 3.21. The molecule has 5 nitrogen and oxygen atoms in total. The van der Waals surface area contributed by atoms with Crippen molar-refractivity contribution >= 4 is 6.03 Å². The molecular weight excluding hydrogens is 302 g/mol. The molecule has 3 aliphatic rings. The number of amides is 2. The minimum Gasteiger partial charge on any atom is -0.373 e. The minimum absolute atomic E-state index is 0.0659. The van der Waals surface area contributed by atoms with E-state index >= 15 is 0 Å². The third kappa shape index (κ3) is 4.63. The zero-order chi connectivity index (χ0) is 16.9. The van der Waals surface area contributed by atoms with Crippen LogP contribution in [-0.4, -0.2) is 67.3 Å². The molecule has 0 radical (unpaired) electrons. The van der Waals surface area contributed by atoms with E-state index in [4.69, 9.17) is 4.74 Å². The molecule has 138 valence electrons. The lowest BCUT2D eigenvalue weighted by molar-refractivity contribution is -0.0341. The molecule has 0 bridgehead atoms. The maximum atomic E-state index is 12.8. The second-order valence-electron chi connectivity index (χ2n) is 8.14. The van der Waals surface area contributed by atoms with E-state index in [1.165, 1.54) is 44.9 Å². The number of carbonyl (C=O) groups excluding carboxylic acids is 1. The summed E-state index contributed by atoms with van der Waals surface area (Å²) in [6.07, 6.45) is 10.5. The van der Waals surface area contributed by atoms with Gasteiger partial charge in [-0.25, -0.2) is 4.79 Å². The fraction of sp³-hybridized carbons (Fsp3) is 0.947. The predicted molar refractivity (Wildman–Crippen MR) is 96.2 cm³/mol. The lowest BCUT2D eigenvalue weighted by atomic mass is 9.84. The smallest absolute Gasteiger partial charge is 0.317 e. The van der Waals surface area contributed by atoms with Gasteiger partial charge in [-0.3, -0.25) is 0 Å². The fourth-order valence-corrected chi connectivity index (χ4v) is 4.64. The summed E-state index contributed by atoms with van der Waals surface area (Å²) >= 11 is 0. The van der Waals surface area contributed by atoms with Crippen molar-refractivity contribution < 1.29 is 9.53 Å². The Hall–Kier alpha value is -0.810. The Balaban J connectivity index is 1.49. The van der Waals surface area contributed by atoms with Crippen LogP contribution in [-0.2, 0) is 4.74 Å². The molecule has 2 aliphatic heterocycles. The zero-order valence-electron chi connectivity index (χ0n) is 15.5. The van der Waals surface area contributed by atoms with Gasteiger partial charge in [-0.2, -0.15) is 0 Å². The Bertz CT molecular complexity index is 411. The van der Waals surface area contributed by atoms with Crippen LogP contribution >= 0.6 is 0 Å². The zero-order valence-corrected chi connectivity index (χ0v) is 15.5. The average molecular weight is 338 g/mol. The molecule has 0 unspecified atom stereocenters. The molecule has 1 N–H and O–H groups in total. The van der Waals surface area contributed by atoms with Crippen LogP contribution in [0.15, 0.2) is 0 Å². The molecule has 3 fully saturated rings. The van der Waals surface area contributed by atoms with E-state index in [-0.39, 0.29) is 18.2 Å². The van der Waals surface area contributed by atoms with Crippen molar-refractivity contribution in [2.75, 3.05) is 33.3 Å². The van der Waals surface area contributed by atoms with Crippen LogP contribution in [0.1, 0.15) is 58.3 Å². The van der Waals surface area contributed by atoms with Crippen LogP contribution in [0, 0.1) is 5.92 Å². The number of hydrogen-bond donors (Lipinski definition) is 1. The van der Waals surface area contributed by atoms with Gasteiger partial charge in [-0.1, -0.05) is 32.1 Å². The summed E-state index contributed by atoms with van der Waals surface area (Å²) in [5.41, 5.74) is 0. The number of likely N-dealkylation sites (N-methyl/N-ethyl adjacent to an activating group) is 1. The number of rotatable bonds is 4. The number of nitrogens with one attached hydrogen (secondary N) is 1. The van der Waals surface area contributed by atoms with Crippen molar-refractivity contribution in [1.82, 2.24) is 15.1 Å². The van der Waals surface area contributed by atoms with Gasteiger partial charge in [0.05, 0.1) is 18.8 Å². The van der Waals surface area contributed by atoms with Crippen molar-refractivity contribution in [1.29, 1.82) is 0 Å². The molecule has 0 aromatic heterocycles. The molecule has 24 heavy (non-hydrogen) atoms. The summed E-state index contributed by atoms with van der Waals surface area (Å²) in [5.74, 6) is 0.838. The number of likely N-dealkylation sites (tertiary alicyclic amines) is 1. The van der Waals surface area contributed by atoms with Gasteiger partial charge in [0.15, 0.2) is 0 Å². The summed E-state index contributed by atoms with van der Waals surface area (Å²) in [6.45, 7) is 5.63. The molecule has 3 rings (SSSR count). The second-order valence-corrected chi connectivity index (χ2v) is 8.14. The third-order valence-corrected chi connectivity index (χ3v) is 6.17. The van der Waals surface area contributed by atoms with E-state index in [1.54, 1.807) is 0 Å². The number of carbonyl (C=O) groups is 1. The summed E-state index contributed by atoms with van der Waals surface area (Å²) < 4.78 is 5.85. The van der Waals surface area contributed by atoms with Gasteiger partial charge in [-0.05, 0) is 39.2 Å². The molecule has 0 aromatic rings. The minimum atomic E-state index is 0.0659. The number of urea groups is 1. The monoisotopic (exact) mass is 337 g/mol. The van der Waals surface area contributed by atoms with Gasteiger partial charge >= 0.3 is 6.03 Å². The SMILES string of the molecule is C[C@H](NC(=O)N1CCC[C@@H]1CC1CCCCC1)[C@H]1CN(C)CCO1. The summed E-state index contributed by atoms with van der Waals surface area (Å²) in [7, 11) is 2.12. The van der Waals surface area contributed by atoms with Crippen molar-refractivity contribution in [3.8, 4) is 0 Å². The fourth-order valence-electron chi connectivity index (χ4n) is 4.64. The lowest BCUT2D eigenvalue weighted by Crippen LogP contribution is -2.54. The highest BCUT2D eigenvalue weighted by molar-refractivity contribution is 5.75. The normalized spacial score (nSPS) is 31.2. The van der Waals surface area contributed by atoms with E-state index in [0.29, 0.717) is 6.04 Å². The number of nitrogens with zero attached hydrogens (tertiary/aromatic N) is 2. The summed E-state index contributed by atoms with van der Waals surface area (Å²) in [6, 6.07) is 0.643. The highest BCUT2D eigenvalue weighted by Crippen LogP contribution is 2.32. The van der Waals surface area contributed by atoms with Gasteiger partial charge in [0.25, 0.3) is 0 Å². The standard InChI is InChI=1S/C19H35N3O2/c1-15(18-14-21(2)11-12-24-18)20-19(23)22-10-6-9-17(22)13-16-7-4-3-5-8-16/h15-18H,3-14H2,1-2H3,(H,20,23)/t15-,17+,18+/m0/s1. The Kier molecular flexibility index (Phi) is 6.39. The van der Waals surface area contributed by atoms with Crippen LogP contribution in [0.2, 0.25) is 0 Å². The van der Waals surface area contributed by atoms with Gasteiger partial charge in [-0.15, -0.1) is 0 Å². The first kappa shape index (κ1) is 18.0. The molecule has 2 saturated heterocycles. The average Bonchev–Trinajstić information content (AvgIpc) is 3.04. The first-order valence-electron chi connectivity index (χ1n) is 10.0. The third-order valence-electron chi connectivity index (χ3n) is 6.17. The molecule has 2 amide bonds. The molecule has 5 heteroatoms. The maximum Gasteiger partial charge on any atom is 0.317 e. The van der Waals surface area contributed by atoms with E-state index < -0.39 is 0 Å². The topological polar surface area (TPSA) is 44.8 Å². The van der Waals surface area contributed by atoms with Crippen molar-refractivity contribution in [3.05, 3.63) is 0 Å². The van der Waals surface area contributed by atoms with Crippen LogP contribution in [0.5, 0.6) is 0 Å². The highest BCUT2D eigenvalue weighted by atomic mass is 16.5. The number of hydrogen-bond acceptors (Lipinski definition) is 3. The largest absolute Gasteiger partial charge is 0.373 e. The molecule has 0 aromatic carbocycles. The molecule has 0 spiro atoms. The van der Waals surface area contributed by atoms with Crippen molar-refractivity contribution in [2.45, 2.75) is 76.5 Å². The summed E-state index contributed by atoms with van der Waals surface area (Å²) in [4.78, 5) is 17.2. The maximum absolute atomic E-state index is 12.8. The molecular formula is C19H35N3O2. The number of morpholine rings is 1. The molecule has 1 saturated carbocycles. The van der Waals surface area contributed by atoms with Gasteiger partial charge in [0.1, 0.15) is 0 Å². The van der Waals surface area contributed by atoms with Crippen molar-refractivity contribution in [2.24, 2.45) is 5.92 Å². The van der Waals surface area contributed by atoms with Crippen LogP contribution in [0.3, 0.4) is 0 Å². The van der Waals surface area contributed by atoms with Crippen LogP contribution in [0.25, 0.3) is 0 Å². The Morgan fingerprint density at radius 2 is 1.96 bits per heavy atom. The number of ether oxygens (including phenoxy) is 1. The van der Waals surface area contributed by atoms with Gasteiger partial charge < -0.3 is 19.9 Å².